The molecule has 0 spiro atoms. The Kier molecular flexibility index (Phi) is 14.1. The fraction of sp³-hybridized carbons (Fsp3) is 0.176. The van der Waals surface area contributed by atoms with Crippen LogP contribution in [0.15, 0.2) is 140 Å². The van der Waals surface area contributed by atoms with Gasteiger partial charge in [0.2, 0.25) is 0 Å². The Morgan fingerprint density at radius 3 is 0.906 bits per heavy atom. The van der Waals surface area contributed by atoms with Crippen LogP contribution in [0.2, 0.25) is 0 Å². The third-order valence-electron chi connectivity index (χ3n) is 7.08. The van der Waals surface area contributed by atoms with Gasteiger partial charge in [0.1, 0.15) is 0 Å². The molecule has 53 heavy (non-hydrogen) atoms. The summed E-state index contributed by atoms with van der Waals surface area (Å²) in [5.41, 5.74) is -9.89. The zero-order valence-electron chi connectivity index (χ0n) is 28.5. The van der Waals surface area contributed by atoms with Crippen molar-refractivity contribution in [1.82, 2.24) is 9.97 Å². The van der Waals surface area contributed by atoms with E-state index in [-0.39, 0.29) is 0 Å². The topological polar surface area (TPSA) is 119 Å². The Hall–Kier alpha value is -4.16. The number of pyridine rings is 2. The molecule has 10 nitrogen and oxygen atoms in total. The van der Waals surface area contributed by atoms with Crippen LogP contribution < -0.4 is 19.6 Å². The van der Waals surface area contributed by atoms with E-state index in [9.17, 15) is 43.2 Å². The summed E-state index contributed by atoms with van der Waals surface area (Å²) in [7, 11) is -5.44. The maximum atomic E-state index is 13.6. The molecule has 2 aromatic heterocycles. The number of benzene rings is 3. The van der Waals surface area contributed by atoms with E-state index in [4.69, 9.17) is 4.52 Å². The molecular formula is C34H35BiF6N4O6S2. The minimum atomic E-state index is -8.03. The molecule has 5 rings (SSSR count). The van der Waals surface area contributed by atoms with Crippen molar-refractivity contribution >= 4 is 61.1 Å². The zero-order valence-corrected chi connectivity index (χ0v) is 33.7. The van der Waals surface area contributed by atoms with Crippen LogP contribution in [-0.2, 0) is 24.8 Å². The summed E-state index contributed by atoms with van der Waals surface area (Å²) in [5, 5.41) is 0. The van der Waals surface area contributed by atoms with Gasteiger partial charge in [-0.05, 0) is 24.3 Å². The molecule has 286 valence electrons. The van der Waals surface area contributed by atoms with Gasteiger partial charge in [0, 0.05) is 64.4 Å². The molecule has 0 radical (unpaired) electrons. The van der Waals surface area contributed by atoms with Crippen LogP contribution in [0.25, 0.3) is 0 Å². The van der Waals surface area contributed by atoms with Gasteiger partial charge in [0.25, 0.3) is 0 Å². The van der Waals surface area contributed by atoms with Gasteiger partial charge >= 0.3 is 199 Å². The summed E-state index contributed by atoms with van der Waals surface area (Å²) in [6.45, 7) is 0. The molecule has 5 aromatic rings. The molecule has 0 aliphatic heterocycles. The van der Waals surface area contributed by atoms with Crippen LogP contribution in [0, 0.1) is 0 Å². The van der Waals surface area contributed by atoms with Gasteiger partial charge in [-0.25, -0.2) is 0 Å². The summed E-state index contributed by atoms with van der Waals surface area (Å²) in [4.78, 5) is 11.9. The summed E-state index contributed by atoms with van der Waals surface area (Å²) < 4.78 is 140. The number of halogens is 6. The van der Waals surface area contributed by atoms with Crippen LogP contribution in [0.5, 0.6) is 0 Å². The van der Waals surface area contributed by atoms with E-state index in [2.05, 4.69) is 9.97 Å². The molecule has 0 amide bonds. The van der Waals surface area contributed by atoms with E-state index in [1.807, 2.05) is 62.3 Å². The Balaban J connectivity index is 0.000000339. The van der Waals surface area contributed by atoms with Gasteiger partial charge in [0.05, 0.1) is 0 Å². The molecule has 0 atom stereocenters. The van der Waals surface area contributed by atoms with Crippen molar-refractivity contribution in [3.8, 4) is 0 Å². The van der Waals surface area contributed by atoms with Crippen molar-refractivity contribution in [3.63, 3.8) is 0 Å². The predicted octanol–water partition coefficient (Wildman–Crippen LogP) is 5.13. The van der Waals surface area contributed by atoms with Gasteiger partial charge in [-0.15, -0.1) is 0 Å². The molecular weight excluding hydrogens is 947 g/mol. The number of anilines is 2. The second-order valence-corrected chi connectivity index (χ2v) is 31.1. The van der Waals surface area contributed by atoms with E-state index in [1.165, 1.54) is 66.0 Å². The Morgan fingerprint density at radius 2 is 0.717 bits per heavy atom. The molecule has 0 saturated heterocycles. The number of nitrogens with zero attached hydrogens (tertiary/aromatic N) is 4. The maximum absolute atomic E-state index is 13.6. The summed E-state index contributed by atoms with van der Waals surface area (Å²) in [6, 6.07) is 24.7. The predicted molar refractivity (Wildman–Crippen MR) is 193 cm³/mol. The molecule has 0 saturated carbocycles. The first-order valence-electron chi connectivity index (χ1n) is 15.1. The Bertz CT molecular complexity index is 1910. The van der Waals surface area contributed by atoms with Crippen LogP contribution in [-0.4, -0.2) is 85.7 Å². The molecule has 0 unspecified atom stereocenters. The molecule has 3 aromatic carbocycles. The van der Waals surface area contributed by atoms with Crippen molar-refractivity contribution < 1.29 is 47.7 Å². The van der Waals surface area contributed by atoms with Crippen LogP contribution >= 0.6 is 0 Å². The van der Waals surface area contributed by atoms with Crippen molar-refractivity contribution in [3.05, 3.63) is 140 Å². The molecule has 19 heteroatoms. The normalized spacial score (nSPS) is 12.8. The fourth-order valence-corrected chi connectivity index (χ4v) is 35.5. The van der Waals surface area contributed by atoms with E-state index in [0.717, 1.165) is 36.4 Å². The van der Waals surface area contributed by atoms with E-state index < -0.39 is 60.7 Å². The summed E-state index contributed by atoms with van der Waals surface area (Å²) in [5.74, 6) is 0. The molecule has 0 fully saturated rings. The average molecular weight is 983 g/mol. The monoisotopic (exact) mass is 982 g/mol. The second-order valence-electron chi connectivity index (χ2n) is 11.1. The molecule has 0 bridgehead atoms. The number of alkyl halides is 6. The standard InChI is InChI=1S/2C7H10N2.3C6H5.2CHF3O3S.Bi/c2*1-9(2)7-3-5-8-6-4-7;3*1-2-4-6-5-3-1;2*2-1(3,4)8(5,6)7;/h2*3-6H,1-2H3;3*1-5H;2*(H,5,6,7);/q;;;;;;;+2/p-2. The van der Waals surface area contributed by atoms with Gasteiger partial charge in [-0.1, -0.05) is 0 Å². The number of hydrogen-bond acceptors (Lipinski definition) is 10. The molecule has 2 heterocycles. The Morgan fingerprint density at radius 1 is 0.472 bits per heavy atom. The zero-order chi connectivity index (χ0) is 39.6. The molecule has 0 aliphatic rings. The van der Waals surface area contributed by atoms with E-state index in [1.54, 1.807) is 24.8 Å². The summed E-state index contributed by atoms with van der Waals surface area (Å²) in [6.07, 6.45) is 7.15. The summed E-state index contributed by atoms with van der Waals surface area (Å²) >= 11 is -8.03. The van der Waals surface area contributed by atoms with Gasteiger partial charge in [-0.2, -0.15) is 0 Å². The van der Waals surface area contributed by atoms with Crippen molar-refractivity contribution in [2.24, 2.45) is 0 Å². The van der Waals surface area contributed by atoms with E-state index >= 15 is 0 Å². The molecule has 0 aliphatic carbocycles. The Labute approximate surface area is 306 Å². The van der Waals surface area contributed by atoms with Crippen molar-refractivity contribution in [2.45, 2.75) is 11.0 Å². The average Bonchev–Trinajstić information content (AvgIpc) is 3.12. The SMILES string of the molecule is CN(C)c1ccncc1.CN(C)c1ccncc1.O=S(=O)([O][Bi]([O]S(=O)(=O)C(F)(F)F)([c]1ccccc1)([c]1ccccc1)[c]1ccccc1)C(F)(F)F. The van der Waals surface area contributed by atoms with Crippen LogP contribution in [0.3, 0.4) is 0 Å². The third kappa shape index (κ3) is 10.1. The van der Waals surface area contributed by atoms with Gasteiger partial charge < -0.3 is 9.80 Å². The van der Waals surface area contributed by atoms with Crippen LogP contribution in [0.4, 0.5) is 37.7 Å². The first-order chi connectivity index (χ1) is 24.7. The van der Waals surface area contributed by atoms with Crippen molar-refractivity contribution in [2.75, 3.05) is 38.0 Å². The number of hydrogen-bond donors (Lipinski definition) is 0. The van der Waals surface area contributed by atoms with E-state index in [0.29, 0.717) is 0 Å². The van der Waals surface area contributed by atoms with Gasteiger partial charge in [-0.3, -0.25) is 9.97 Å². The van der Waals surface area contributed by atoms with Crippen LogP contribution in [0.1, 0.15) is 0 Å². The third-order valence-corrected chi connectivity index (χ3v) is 34.8. The number of aromatic nitrogens is 2. The molecule has 0 N–H and O–H groups in total. The minimum absolute atomic E-state index is 0.600. The fourth-order valence-electron chi connectivity index (χ4n) is 4.56. The first-order valence-corrected chi connectivity index (χ1v) is 25.9. The quantitative estimate of drug-likeness (QED) is 0.112. The van der Waals surface area contributed by atoms with Crippen molar-refractivity contribution in [1.29, 1.82) is 0 Å². The van der Waals surface area contributed by atoms with Gasteiger partial charge in [0.15, 0.2) is 0 Å². The second kappa shape index (κ2) is 17.3. The first kappa shape index (κ1) is 43.2. The number of rotatable bonds is 9.